The standard InChI is InChI=1S/C11H15N5O4S/c1-3-16-7-14-15-9(16)6-13-11(17)8-4-5-10(20-8)21(18,19)12-2/h4-5,7,12H,3,6H2,1-2H3,(H,13,17). The number of sulfonamides is 1. The number of rotatable bonds is 6. The van der Waals surface area contributed by atoms with Gasteiger partial charge in [0.25, 0.3) is 15.9 Å². The summed E-state index contributed by atoms with van der Waals surface area (Å²) in [6.07, 6.45) is 1.56. The van der Waals surface area contributed by atoms with Crippen molar-refractivity contribution in [3.63, 3.8) is 0 Å². The molecular weight excluding hydrogens is 298 g/mol. The molecule has 0 radical (unpaired) electrons. The Kier molecular flexibility index (Phi) is 4.38. The van der Waals surface area contributed by atoms with Gasteiger partial charge in [0.2, 0.25) is 5.09 Å². The Morgan fingerprint density at radius 3 is 2.86 bits per heavy atom. The molecular formula is C11H15N5O4S. The molecule has 0 aromatic carbocycles. The van der Waals surface area contributed by atoms with Gasteiger partial charge in [-0.05, 0) is 26.1 Å². The molecule has 0 aliphatic heterocycles. The molecule has 114 valence electrons. The lowest BCUT2D eigenvalue weighted by atomic mass is 10.4. The van der Waals surface area contributed by atoms with Crippen LogP contribution in [0.3, 0.4) is 0 Å². The van der Waals surface area contributed by atoms with Crippen molar-refractivity contribution in [2.75, 3.05) is 7.05 Å². The van der Waals surface area contributed by atoms with Gasteiger partial charge in [0, 0.05) is 6.54 Å². The molecule has 0 aliphatic rings. The van der Waals surface area contributed by atoms with Gasteiger partial charge in [0.05, 0.1) is 6.54 Å². The average molecular weight is 313 g/mol. The zero-order valence-corrected chi connectivity index (χ0v) is 12.3. The SMILES string of the molecule is CCn1cnnc1CNC(=O)c1ccc(S(=O)(=O)NC)o1. The van der Waals surface area contributed by atoms with Crippen molar-refractivity contribution >= 4 is 15.9 Å². The van der Waals surface area contributed by atoms with Crippen LogP contribution in [-0.4, -0.2) is 36.1 Å². The monoisotopic (exact) mass is 313 g/mol. The maximum atomic E-state index is 11.9. The molecule has 10 heteroatoms. The van der Waals surface area contributed by atoms with Crippen molar-refractivity contribution in [2.45, 2.75) is 25.1 Å². The van der Waals surface area contributed by atoms with E-state index in [0.29, 0.717) is 12.4 Å². The van der Waals surface area contributed by atoms with Gasteiger partial charge in [-0.15, -0.1) is 10.2 Å². The summed E-state index contributed by atoms with van der Waals surface area (Å²) in [7, 11) is -2.44. The van der Waals surface area contributed by atoms with Crippen LogP contribution in [0.5, 0.6) is 0 Å². The second-order valence-electron chi connectivity index (χ2n) is 4.04. The third-order valence-electron chi connectivity index (χ3n) is 2.78. The number of carbonyl (C=O) groups is 1. The Hall–Kier alpha value is -2.20. The van der Waals surface area contributed by atoms with Crippen LogP contribution in [0.4, 0.5) is 0 Å². The van der Waals surface area contributed by atoms with Crippen LogP contribution in [0.25, 0.3) is 0 Å². The van der Waals surface area contributed by atoms with Crippen LogP contribution >= 0.6 is 0 Å². The van der Waals surface area contributed by atoms with Gasteiger partial charge >= 0.3 is 0 Å². The molecule has 0 unspecified atom stereocenters. The number of carbonyl (C=O) groups excluding carboxylic acids is 1. The minimum atomic E-state index is -3.70. The maximum Gasteiger partial charge on any atom is 0.287 e. The predicted octanol–water partition coefficient (Wildman–Crippen LogP) is -0.271. The van der Waals surface area contributed by atoms with Gasteiger partial charge in [-0.2, -0.15) is 0 Å². The van der Waals surface area contributed by atoms with Crippen LogP contribution in [0, 0.1) is 0 Å². The third kappa shape index (κ3) is 3.28. The Morgan fingerprint density at radius 1 is 1.43 bits per heavy atom. The van der Waals surface area contributed by atoms with Crippen LogP contribution in [-0.2, 0) is 23.1 Å². The van der Waals surface area contributed by atoms with E-state index in [-0.39, 0.29) is 17.4 Å². The summed E-state index contributed by atoms with van der Waals surface area (Å²) in [4.78, 5) is 11.9. The fourth-order valence-corrected chi connectivity index (χ4v) is 2.26. The fraction of sp³-hybridized carbons (Fsp3) is 0.364. The van der Waals surface area contributed by atoms with Crippen molar-refractivity contribution in [1.29, 1.82) is 0 Å². The highest BCUT2D eigenvalue weighted by molar-refractivity contribution is 7.89. The summed E-state index contributed by atoms with van der Waals surface area (Å²) in [5.74, 6) is -0.0231. The average Bonchev–Trinajstić information content (AvgIpc) is 3.13. The molecule has 0 saturated heterocycles. The number of aryl methyl sites for hydroxylation is 1. The summed E-state index contributed by atoms with van der Waals surface area (Å²) >= 11 is 0. The summed E-state index contributed by atoms with van der Waals surface area (Å²) < 4.78 is 31.9. The number of nitrogens with one attached hydrogen (secondary N) is 2. The fourth-order valence-electron chi connectivity index (χ4n) is 1.61. The van der Waals surface area contributed by atoms with Crippen LogP contribution in [0.1, 0.15) is 23.3 Å². The minimum Gasteiger partial charge on any atom is -0.438 e. The van der Waals surface area contributed by atoms with Gasteiger partial charge in [-0.25, -0.2) is 13.1 Å². The summed E-state index contributed by atoms with van der Waals surface area (Å²) in [6.45, 7) is 2.78. The number of amides is 1. The Morgan fingerprint density at radius 2 is 2.19 bits per heavy atom. The highest BCUT2D eigenvalue weighted by Crippen LogP contribution is 2.13. The zero-order chi connectivity index (χ0) is 15.5. The lowest BCUT2D eigenvalue weighted by molar-refractivity contribution is 0.0916. The molecule has 2 aromatic heterocycles. The molecule has 21 heavy (non-hydrogen) atoms. The smallest absolute Gasteiger partial charge is 0.287 e. The highest BCUT2D eigenvalue weighted by atomic mass is 32.2. The molecule has 0 aliphatic carbocycles. The first-order chi connectivity index (χ1) is 9.97. The van der Waals surface area contributed by atoms with E-state index < -0.39 is 15.9 Å². The van der Waals surface area contributed by atoms with E-state index in [1.807, 2.05) is 6.92 Å². The first-order valence-electron chi connectivity index (χ1n) is 6.16. The maximum absolute atomic E-state index is 11.9. The van der Waals surface area contributed by atoms with Gasteiger partial charge < -0.3 is 14.3 Å². The second kappa shape index (κ2) is 6.06. The molecule has 0 spiro atoms. The molecule has 2 heterocycles. The quantitative estimate of drug-likeness (QED) is 0.757. The van der Waals surface area contributed by atoms with E-state index in [1.54, 1.807) is 10.9 Å². The molecule has 0 bridgehead atoms. The first-order valence-corrected chi connectivity index (χ1v) is 7.64. The van der Waals surface area contributed by atoms with Gasteiger partial charge in [-0.1, -0.05) is 0 Å². The van der Waals surface area contributed by atoms with Crippen molar-refractivity contribution in [1.82, 2.24) is 24.8 Å². The third-order valence-corrected chi connectivity index (χ3v) is 4.07. The van der Waals surface area contributed by atoms with E-state index >= 15 is 0 Å². The van der Waals surface area contributed by atoms with Crippen molar-refractivity contribution in [3.8, 4) is 0 Å². The van der Waals surface area contributed by atoms with E-state index in [9.17, 15) is 13.2 Å². The minimum absolute atomic E-state index is 0.0913. The first kappa shape index (κ1) is 15.2. The molecule has 0 fully saturated rings. The molecule has 1 amide bonds. The number of hydrogen-bond donors (Lipinski definition) is 2. The summed E-state index contributed by atoms with van der Waals surface area (Å²) in [5, 5.41) is 9.89. The zero-order valence-electron chi connectivity index (χ0n) is 11.5. The molecule has 0 saturated carbocycles. The predicted molar refractivity (Wildman–Crippen MR) is 71.8 cm³/mol. The van der Waals surface area contributed by atoms with Crippen molar-refractivity contribution in [3.05, 3.63) is 30.0 Å². The molecule has 2 aromatic rings. The Bertz CT molecular complexity index is 733. The second-order valence-corrected chi connectivity index (χ2v) is 5.86. The number of hydrogen-bond acceptors (Lipinski definition) is 6. The number of nitrogens with zero attached hydrogens (tertiary/aromatic N) is 3. The van der Waals surface area contributed by atoms with E-state index in [0.717, 1.165) is 0 Å². The summed E-state index contributed by atoms with van der Waals surface area (Å²) in [6, 6.07) is 2.51. The number of aromatic nitrogens is 3. The van der Waals surface area contributed by atoms with Gasteiger partial charge in [0.1, 0.15) is 6.33 Å². The molecule has 9 nitrogen and oxygen atoms in total. The van der Waals surface area contributed by atoms with E-state index in [2.05, 4.69) is 20.2 Å². The Labute approximate surface area is 121 Å². The number of furan rings is 1. The molecule has 2 rings (SSSR count). The van der Waals surface area contributed by atoms with Gasteiger partial charge in [0.15, 0.2) is 11.6 Å². The highest BCUT2D eigenvalue weighted by Gasteiger charge is 2.19. The lowest BCUT2D eigenvalue weighted by Gasteiger charge is -2.04. The van der Waals surface area contributed by atoms with Crippen molar-refractivity contribution in [2.24, 2.45) is 0 Å². The van der Waals surface area contributed by atoms with Crippen molar-refractivity contribution < 1.29 is 17.6 Å². The normalized spacial score (nSPS) is 11.5. The van der Waals surface area contributed by atoms with E-state index in [4.69, 9.17) is 4.42 Å². The lowest BCUT2D eigenvalue weighted by Crippen LogP contribution is -2.24. The topological polar surface area (TPSA) is 119 Å². The molecule has 0 atom stereocenters. The molecule has 2 N–H and O–H groups in total. The van der Waals surface area contributed by atoms with Crippen LogP contribution in [0.15, 0.2) is 28.0 Å². The van der Waals surface area contributed by atoms with Crippen LogP contribution < -0.4 is 10.0 Å². The summed E-state index contributed by atoms with van der Waals surface area (Å²) in [5.41, 5.74) is 0. The Balaban J connectivity index is 2.05. The van der Waals surface area contributed by atoms with E-state index in [1.165, 1.54) is 19.2 Å². The largest absolute Gasteiger partial charge is 0.438 e. The van der Waals surface area contributed by atoms with Crippen LogP contribution in [0.2, 0.25) is 0 Å². The van der Waals surface area contributed by atoms with Gasteiger partial charge in [-0.3, -0.25) is 4.79 Å².